The standard InChI is InChI=1S/C15H20/c1-2-3-4-5-6-7-9-12-15-13-10-8-11-14-15/h8,10-11,13-14H,2-6,12H2,1H3. The molecule has 0 atom stereocenters. The van der Waals surface area contributed by atoms with Crippen molar-refractivity contribution >= 4 is 0 Å². The molecule has 0 radical (unpaired) electrons. The van der Waals surface area contributed by atoms with Gasteiger partial charge in [0.05, 0.1) is 0 Å². The molecule has 80 valence electrons. The molecule has 0 spiro atoms. The van der Waals surface area contributed by atoms with Crippen LogP contribution in [0.3, 0.4) is 0 Å². The monoisotopic (exact) mass is 200 g/mol. The summed E-state index contributed by atoms with van der Waals surface area (Å²) in [6.45, 7) is 2.24. The molecule has 1 aromatic rings. The van der Waals surface area contributed by atoms with Crippen molar-refractivity contribution in [2.75, 3.05) is 0 Å². The smallest absolute Gasteiger partial charge is 0.0340 e. The van der Waals surface area contributed by atoms with Crippen LogP contribution in [-0.2, 0) is 6.42 Å². The SMILES string of the molecule is CCCCCCC#CCc1ccccc1. The minimum Gasteiger partial charge on any atom is -0.103 e. The first-order valence-corrected chi connectivity index (χ1v) is 5.93. The van der Waals surface area contributed by atoms with E-state index in [9.17, 15) is 0 Å². The summed E-state index contributed by atoms with van der Waals surface area (Å²) in [7, 11) is 0. The summed E-state index contributed by atoms with van der Waals surface area (Å²) in [4.78, 5) is 0. The van der Waals surface area contributed by atoms with Gasteiger partial charge in [0.25, 0.3) is 0 Å². The fourth-order valence-electron chi connectivity index (χ4n) is 1.49. The van der Waals surface area contributed by atoms with Crippen molar-refractivity contribution in [3.63, 3.8) is 0 Å². The van der Waals surface area contributed by atoms with Crippen LogP contribution in [-0.4, -0.2) is 0 Å². The Kier molecular flexibility index (Phi) is 6.41. The van der Waals surface area contributed by atoms with Crippen molar-refractivity contribution in [2.24, 2.45) is 0 Å². The topological polar surface area (TPSA) is 0 Å². The van der Waals surface area contributed by atoms with Gasteiger partial charge in [-0.2, -0.15) is 0 Å². The Morgan fingerprint density at radius 2 is 1.73 bits per heavy atom. The van der Waals surface area contributed by atoms with E-state index in [0.29, 0.717) is 0 Å². The van der Waals surface area contributed by atoms with Gasteiger partial charge in [-0.3, -0.25) is 0 Å². The van der Waals surface area contributed by atoms with Gasteiger partial charge in [0.2, 0.25) is 0 Å². The Labute approximate surface area is 93.7 Å². The quantitative estimate of drug-likeness (QED) is 0.493. The van der Waals surface area contributed by atoms with E-state index >= 15 is 0 Å². The summed E-state index contributed by atoms with van der Waals surface area (Å²) < 4.78 is 0. The molecule has 0 aliphatic rings. The molecular formula is C15H20. The first-order chi connectivity index (χ1) is 7.43. The van der Waals surface area contributed by atoms with E-state index in [4.69, 9.17) is 0 Å². The van der Waals surface area contributed by atoms with E-state index in [2.05, 4.69) is 43.0 Å². The molecule has 0 nitrogen and oxygen atoms in total. The van der Waals surface area contributed by atoms with E-state index < -0.39 is 0 Å². The first kappa shape index (κ1) is 11.9. The average Bonchev–Trinajstić information content (AvgIpc) is 2.29. The number of unbranched alkanes of at least 4 members (excludes halogenated alkanes) is 4. The molecule has 0 heterocycles. The summed E-state index contributed by atoms with van der Waals surface area (Å²) in [6, 6.07) is 10.4. The fraction of sp³-hybridized carbons (Fsp3) is 0.467. The Balaban J connectivity index is 2.12. The van der Waals surface area contributed by atoms with E-state index in [1.54, 1.807) is 0 Å². The molecule has 0 N–H and O–H groups in total. The van der Waals surface area contributed by atoms with Gasteiger partial charge in [-0.25, -0.2) is 0 Å². The van der Waals surface area contributed by atoms with Crippen molar-refractivity contribution in [1.82, 2.24) is 0 Å². The van der Waals surface area contributed by atoms with Crippen molar-refractivity contribution in [3.8, 4) is 11.8 Å². The molecule has 0 aliphatic carbocycles. The van der Waals surface area contributed by atoms with Crippen LogP contribution in [0.2, 0.25) is 0 Å². The summed E-state index contributed by atoms with van der Waals surface area (Å²) in [5.41, 5.74) is 1.32. The summed E-state index contributed by atoms with van der Waals surface area (Å²) in [5, 5.41) is 0. The van der Waals surface area contributed by atoms with Crippen LogP contribution in [0, 0.1) is 11.8 Å². The predicted octanol–water partition coefficient (Wildman–Crippen LogP) is 4.20. The van der Waals surface area contributed by atoms with Crippen molar-refractivity contribution in [1.29, 1.82) is 0 Å². The van der Waals surface area contributed by atoms with Crippen molar-refractivity contribution in [3.05, 3.63) is 35.9 Å². The first-order valence-electron chi connectivity index (χ1n) is 5.93. The highest BCUT2D eigenvalue weighted by Gasteiger charge is 1.86. The molecule has 0 amide bonds. The Bertz CT molecular complexity index is 300. The van der Waals surface area contributed by atoms with Crippen LogP contribution in [0.15, 0.2) is 30.3 Å². The maximum absolute atomic E-state index is 3.24. The lowest BCUT2D eigenvalue weighted by atomic mass is 10.1. The highest BCUT2D eigenvalue weighted by atomic mass is 13.9. The van der Waals surface area contributed by atoms with Crippen molar-refractivity contribution in [2.45, 2.75) is 45.4 Å². The highest BCUT2D eigenvalue weighted by molar-refractivity contribution is 5.20. The second kappa shape index (κ2) is 8.12. The predicted molar refractivity (Wildman–Crippen MR) is 66.7 cm³/mol. The largest absolute Gasteiger partial charge is 0.103 e. The third-order valence-electron chi connectivity index (χ3n) is 2.42. The number of rotatable bonds is 5. The van der Waals surface area contributed by atoms with Gasteiger partial charge in [0.15, 0.2) is 0 Å². The minimum absolute atomic E-state index is 0.897. The van der Waals surface area contributed by atoms with E-state index in [1.807, 2.05) is 6.07 Å². The lowest BCUT2D eigenvalue weighted by Crippen LogP contribution is -1.79. The second-order valence-corrected chi connectivity index (χ2v) is 3.83. The molecule has 1 rings (SSSR count). The lowest BCUT2D eigenvalue weighted by Gasteiger charge is -1.93. The van der Waals surface area contributed by atoms with Crippen LogP contribution in [0.5, 0.6) is 0 Å². The Morgan fingerprint density at radius 3 is 2.47 bits per heavy atom. The van der Waals surface area contributed by atoms with Gasteiger partial charge in [0.1, 0.15) is 0 Å². The van der Waals surface area contributed by atoms with Crippen LogP contribution < -0.4 is 0 Å². The third-order valence-corrected chi connectivity index (χ3v) is 2.42. The highest BCUT2D eigenvalue weighted by Crippen LogP contribution is 2.01. The van der Waals surface area contributed by atoms with Gasteiger partial charge < -0.3 is 0 Å². The summed E-state index contributed by atoms with van der Waals surface area (Å²) in [6.07, 6.45) is 7.20. The summed E-state index contributed by atoms with van der Waals surface area (Å²) >= 11 is 0. The van der Waals surface area contributed by atoms with E-state index in [0.717, 1.165) is 12.8 Å². The van der Waals surface area contributed by atoms with Gasteiger partial charge in [0, 0.05) is 12.8 Å². The molecule has 0 saturated carbocycles. The van der Waals surface area contributed by atoms with Gasteiger partial charge in [-0.05, 0) is 12.0 Å². The summed E-state index contributed by atoms with van der Waals surface area (Å²) in [5.74, 6) is 6.47. The van der Waals surface area contributed by atoms with Gasteiger partial charge in [-0.1, -0.05) is 62.4 Å². The zero-order chi connectivity index (χ0) is 10.8. The maximum atomic E-state index is 3.24. The zero-order valence-corrected chi connectivity index (χ0v) is 9.63. The molecule has 0 aliphatic heterocycles. The lowest BCUT2D eigenvalue weighted by molar-refractivity contribution is 0.679. The third kappa shape index (κ3) is 5.96. The fourth-order valence-corrected chi connectivity index (χ4v) is 1.49. The van der Waals surface area contributed by atoms with E-state index in [1.165, 1.54) is 31.2 Å². The minimum atomic E-state index is 0.897. The molecule has 1 aromatic carbocycles. The van der Waals surface area contributed by atoms with Crippen LogP contribution >= 0.6 is 0 Å². The average molecular weight is 200 g/mol. The van der Waals surface area contributed by atoms with Crippen LogP contribution in [0.25, 0.3) is 0 Å². The molecule has 0 saturated heterocycles. The Hall–Kier alpha value is -1.22. The molecular weight excluding hydrogens is 180 g/mol. The number of hydrogen-bond acceptors (Lipinski definition) is 0. The van der Waals surface area contributed by atoms with Gasteiger partial charge in [-0.15, -0.1) is 5.92 Å². The molecule has 0 heteroatoms. The molecule has 15 heavy (non-hydrogen) atoms. The maximum Gasteiger partial charge on any atom is 0.0340 e. The number of hydrogen-bond donors (Lipinski definition) is 0. The molecule has 0 bridgehead atoms. The molecule has 0 unspecified atom stereocenters. The molecule has 0 aromatic heterocycles. The normalized spacial score (nSPS) is 9.40. The van der Waals surface area contributed by atoms with Gasteiger partial charge >= 0.3 is 0 Å². The second-order valence-electron chi connectivity index (χ2n) is 3.83. The van der Waals surface area contributed by atoms with Crippen LogP contribution in [0.4, 0.5) is 0 Å². The zero-order valence-electron chi connectivity index (χ0n) is 9.63. The van der Waals surface area contributed by atoms with Crippen LogP contribution in [0.1, 0.15) is 44.6 Å². The number of benzene rings is 1. The Morgan fingerprint density at radius 1 is 0.933 bits per heavy atom. The molecule has 0 fully saturated rings. The van der Waals surface area contributed by atoms with E-state index in [-0.39, 0.29) is 0 Å². The van der Waals surface area contributed by atoms with Crippen molar-refractivity contribution < 1.29 is 0 Å².